The minimum absolute atomic E-state index is 0.00306. The molecule has 2 atom stereocenters. The predicted octanol–water partition coefficient (Wildman–Crippen LogP) is 3.35. The number of halogens is 1. The van der Waals surface area contributed by atoms with Gasteiger partial charge in [0.05, 0.1) is 12.0 Å². The molecule has 6 heteroatoms. The SMILES string of the molecule is CCN1C(=O)C[C@@H](C(=O)N(C)CCc2ccncc2)[C@@H]1c1ccccc1Cl. The van der Waals surface area contributed by atoms with E-state index >= 15 is 0 Å². The van der Waals surface area contributed by atoms with Gasteiger partial charge in [0.1, 0.15) is 0 Å². The van der Waals surface area contributed by atoms with Crippen LogP contribution in [0.1, 0.15) is 30.5 Å². The number of hydrogen-bond acceptors (Lipinski definition) is 3. The molecule has 142 valence electrons. The molecule has 1 fully saturated rings. The molecule has 3 rings (SSSR count). The first-order valence-corrected chi connectivity index (χ1v) is 9.58. The van der Waals surface area contributed by atoms with Gasteiger partial charge in [-0.2, -0.15) is 0 Å². The Hall–Kier alpha value is -2.40. The summed E-state index contributed by atoms with van der Waals surface area (Å²) in [5.41, 5.74) is 1.97. The fourth-order valence-corrected chi connectivity index (χ4v) is 3.97. The third-order valence-electron chi connectivity index (χ3n) is 5.18. The minimum Gasteiger partial charge on any atom is -0.345 e. The van der Waals surface area contributed by atoms with E-state index in [1.54, 1.807) is 29.2 Å². The van der Waals surface area contributed by atoms with Crippen molar-refractivity contribution in [1.29, 1.82) is 0 Å². The zero-order valence-electron chi connectivity index (χ0n) is 15.6. The van der Waals surface area contributed by atoms with Crippen LogP contribution in [0.3, 0.4) is 0 Å². The molecule has 1 aliphatic heterocycles. The topological polar surface area (TPSA) is 53.5 Å². The Kier molecular flexibility index (Phi) is 6.11. The van der Waals surface area contributed by atoms with Crippen LogP contribution in [-0.2, 0) is 16.0 Å². The highest BCUT2D eigenvalue weighted by Crippen LogP contribution is 2.41. The molecular weight excluding hydrogens is 362 g/mol. The smallest absolute Gasteiger partial charge is 0.228 e. The van der Waals surface area contributed by atoms with E-state index < -0.39 is 5.92 Å². The maximum atomic E-state index is 13.2. The van der Waals surface area contributed by atoms with Gasteiger partial charge in [-0.15, -0.1) is 0 Å². The zero-order valence-corrected chi connectivity index (χ0v) is 16.4. The van der Waals surface area contributed by atoms with Crippen molar-refractivity contribution in [2.75, 3.05) is 20.1 Å². The van der Waals surface area contributed by atoms with Crippen LogP contribution >= 0.6 is 11.6 Å². The highest BCUT2D eigenvalue weighted by Gasteiger charge is 2.45. The Morgan fingerprint density at radius 1 is 1.26 bits per heavy atom. The highest BCUT2D eigenvalue weighted by atomic mass is 35.5. The molecule has 1 aliphatic rings. The molecule has 5 nitrogen and oxygen atoms in total. The molecule has 2 amide bonds. The van der Waals surface area contributed by atoms with Gasteiger partial charge in [-0.3, -0.25) is 14.6 Å². The summed E-state index contributed by atoms with van der Waals surface area (Å²) in [4.78, 5) is 33.2. The van der Waals surface area contributed by atoms with E-state index in [0.717, 1.165) is 17.5 Å². The number of carbonyl (C=O) groups excluding carboxylic acids is 2. The van der Waals surface area contributed by atoms with Crippen LogP contribution in [0.5, 0.6) is 0 Å². The van der Waals surface area contributed by atoms with Crippen molar-refractivity contribution in [1.82, 2.24) is 14.8 Å². The van der Waals surface area contributed by atoms with Gasteiger partial charge in [0, 0.05) is 44.0 Å². The van der Waals surface area contributed by atoms with Gasteiger partial charge in [0.2, 0.25) is 11.8 Å². The normalized spacial score (nSPS) is 19.4. The lowest BCUT2D eigenvalue weighted by Gasteiger charge is -2.30. The van der Waals surface area contributed by atoms with Crippen molar-refractivity contribution in [3.63, 3.8) is 0 Å². The lowest BCUT2D eigenvalue weighted by molar-refractivity contribution is -0.135. The average Bonchev–Trinajstić information content (AvgIpc) is 3.02. The first-order valence-electron chi connectivity index (χ1n) is 9.20. The van der Waals surface area contributed by atoms with Crippen LogP contribution in [0, 0.1) is 5.92 Å². The number of likely N-dealkylation sites (tertiary alicyclic amines) is 1. The van der Waals surface area contributed by atoms with Crippen LogP contribution in [0.15, 0.2) is 48.8 Å². The Labute approximate surface area is 164 Å². The maximum absolute atomic E-state index is 13.2. The van der Waals surface area contributed by atoms with Gasteiger partial charge >= 0.3 is 0 Å². The molecule has 2 heterocycles. The van der Waals surface area contributed by atoms with Gasteiger partial charge < -0.3 is 9.80 Å². The Balaban J connectivity index is 1.79. The third kappa shape index (κ3) is 4.14. The predicted molar refractivity (Wildman–Crippen MR) is 105 cm³/mol. The molecule has 0 radical (unpaired) electrons. The first kappa shape index (κ1) is 19.4. The van der Waals surface area contributed by atoms with Gasteiger partial charge in [-0.05, 0) is 42.7 Å². The molecule has 0 spiro atoms. The monoisotopic (exact) mass is 385 g/mol. The van der Waals surface area contributed by atoms with Gasteiger partial charge in [-0.1, -0.05) is 29.8 Å². The lowest BCUT2D eigenvalue weighted by Crippen LogP contribution is -2.38. The van der Waals surface area contributed by atoms with Crippen LogP contribution < -0.4 is 0 Å². The third-order valence-corrected chi connectivity index (χ3v) is 5.52. The highest BCUT2D eigenvalue weighted by molar-refractivity contribution is 6.31. The summed E-state index contributed by atoms with van der Waals surface area (Å²) in [6.45, 7) is 3.08. The summed E-state index contributed by atoms with van der Waals surface area (Å²) >= 11 is 6.40. The summed E-state index contributed by atoms with van der Waals surface area (Å²) in [6, 6.07) is 11.1. The number of nitrogens with zero attached hydrogens (tertiary/aromatic N) is 3. The number of hydrogen-bond donors (Lipinski definition) is 0. The van der Waals surface area contributed by atoms with E-state index in [9.17, 15) is 9.59 Å². The summed E-state index contributed by atoms with van der Waals surface area (Å²) in [7, 11) is 1.80. The molecule has 0 unspecified atom stereocenters. The second-order valence-electron chi connectivity index (χ2n) is 6.82. The van der Waals surface area contributed by atoms with Crippen LogP contribution in [0.25, 0.3) is 0 Å². The molecule has 0 saturated carbocycles. The number of amides is 2. The molecule has 0 N–H and O–H groups in total. The van der Waals surface area contributed by atoms with Crippen molar-refractivity contribution in [2.24, 2.45) is 5.92 Å². The Morgan fingerprint density at radius 3 is 2.63 bits per heavy atom. The van der Waals surface area contributed by atoms with Gasteiger partial charge in [0.15, 0.2) is 0 Å². The number of benzene rings is 1. The molecule has 0 aliphatic carbocycles. The van der Waals surface area contributed by atoms with E-state index in [2.05, 4.69) is 4.98 Å². The molecule has 1 aromatic heterocycles. The number of likely N-dealkylation sites (N-methyl/N-ethyl adjacent to an activating group) is 1. The number of carbonyl (C=O) groups is 2. The van der Waals surface area contributed by atoms with Crippen LogP contribution in [-0.4, -0.2) is 46.7 Å². The quantitative estimate of drug-likeness (QED) is 0.766. The maximum Gasteiger partial charge on any atom is 0.228 e. The van der Waals surface area contributed by atoms with Gasteiger partial charge in [-0.25, -0.2) is 0 Å². The molecule has 2 aromatic rings. The van der Waals surface area contributed by atoms with Crippen LogP contribution in [0.4, 0.5) is 0 Å². The zero-order chi connectivity index (χ0) is 19.4. The van der Waals surface area contributed by atoms with E-state index in [4.69, 9.17) is 11.6 Å². The summed E-state index contributed by atoms with van der Waals surface area (Å²) < 4.78 is 0. The molecule has 0 bridgehead atoms. The second-order valence-corrected chi connectivity index (χ2v) is 7.23. The number of rotatable bonds is 6. The van der Waals surface area contributed by atoms with Crippen LogP contribution in [0.2, 0.25) is 5.02 Å². The van der Waals surface area contributed by atoms with Crippen molar-refractivity contribution >= 4 is 23.4 Å². The Morgan fingerprint density at radius 2 is 1.96 bits per heavy atom. The molecule has 27 heavy (non-hydrogen) atoms. The molecule has 1 saturated heterocycles. The second kappa shape index (κ2) is 8.53. The number of pyridine rings is 1. The fraction of sp³-hybridized carbons (Fsp3) is 0.381. The largest absolute Gasteiger partial charge is 0.345 e. The Bertz CT molecular complexity index is 812. The van der Waals surface area contributed by atoms with Crippen molar-refractivity contribution in [3.05, 3.63) is 64.9 Å². The summed E-state index contributed by atoms with van der Waals surface area (Å²) in [5, 5.41) is 0.591. The fourth-order valence-electron chi connectivity index (χ4n) is 3.72. The van der Waals surface area contributed by atoms with Crippen molar-refractivity contribution in [2.45, 2.75) is 25.8 Å². The van der Waals surface area contributed by atoms with Gasteiger partial charge in [0.25, 0.3) is 0 Å². The standard InChI is InChI=1S/C21H24ClN3O2/c1-3-25-19(26)14-17(20(25)16-6-4-5-7-18(16)22)21(27)24(2)13-10-15-8-11-23-12-9-15/h4-9,11-12,17,20H,3,10,13-14H2,1-2H3/t17-,20+/m1/s1. The summed E-state index contributed by atoms with van der Waals surface area (Å²) in [6.07, 6.45) is 4.47. The lowest BCUT2D eigenvalue weighted by atomic mass is 9.92. The first-order chi connectivity index (χ1) is 13.0. The van der Waals surface area contributed by atoms with E-state index in [0.29, 0.717) is 18.1 Å². The molecule has 1 aromatic carbocycles. The number of aromatic nitrogens is 1. The van der Waals surface area contributed by atoms with E-state index in [1.165, 1.54) is 0 Å². The van der Waals surface area contributed by atoms with E-state index in [1.807, 2.05) is 43.3 Å². The van der Waals surface area contributed by atoms with Crippen molar-refractivity contribution in [3.8, 4) is 0 Å². The minimum atomic E-state index is -0.417. The van der Waals surface area contributed by atoms with E-state index in [-0.39, 0.29) is 24.3 Å². The average molecular weight is 386 g/mol. The summed E-state index contributed by atoms with van der Waals surface area (Å²) in [5.74, 6) is -0.429. The molecular formula is C21H24ClN3O2. The van der Waals surface area contributed by atoms with Crippen molar-refractivity contribution < 1.29 is 9.59 Å².